The van der Waals surface area contributed by atoms with Crippen molar-refractivity contribution in [1.82, 2.24) is 10.6 Å². The second kappa shape index (κ2) is 6.54. The number of amides is 2. The van der Waals surface area contributed by atoms with E-state index < -0.39 is 0 Å². The Labute approximate surface area is 118 Å². The Morgan fingerprint density at radius 2 is 2.05 bits per heavy atom. The zero-order valence-corrected chi connectivity index (χ0v) is 11.9. The predicted molar refractivity (Wildman–Crippen MR) is 76.9 cm³/mol. The van der Waals surface area contributed by atoms with Crippen LogP contribution in [0.3, 0.4) is 0 Å². The minimum atomic E-state index is -0.278. The van der Waals surface area contributed by atoms with Gasteiger partial charge in [-0.25, -0.2) is 0 Å². The van der Waals surface area contributed by atoms with E-state index in [4.69, 9.17) is 5.73 Å². The number of hydrogen-bond donors (Lipinski definition) is 3. The van der Waals surface area contributed by atoms with Gasteiger partial charge in [0.1, 0.15) is 5.71 Å². The molecule has 1 fully saturated rings. The number of nitrogens with one attached hydrogen (secondary N) is 2. The minimum absolute atomic E-state index is 0.0188. The van der Waals surface area contributed by atoms with Crippen LogP contribution in [0.2, 0.25) is 0 Å². The summed E-state index contributed by atoms with van der Waals surface area (Å²) in [7, 11) is 0. The Bertz CT molecular complexity index is 458. The molecule has 1 saturated carbocycles. The van der Waals surface area contributed by atoms with Gasteiger partial charge < -0.3 is 16.4 Å². The van der Waals surface area contributed by atoms with Crippen LogP contribution in [0, 0.1) is 5.92 Å². The molecule has 20 heavy (non-hydrogen) atoms. The fraction of sp³-hybridized carbons (Fsp3) is 0.643. The SMILES string of the molecule is CC(N)=C(NC(=O)C1CCCCC1)C1=NCCNC1=O. The molecule has 6 nitrogen and oxygen atoms in total. The van der Waals surface area contributed by atoms with Gasteiger partial charge in [0.15, 0.2) is 0 Å². The monoisotopic (exact) mass is 278 g/mol. The topological polar surface area (TPSA) is 96.6 Å². The molecular formula is C14H22N4O2. The lowest BCUT2D eigenvalue weighted by molar-refractivity contribution is -0.125. The van der Waals surface area contributed by atoms with E-state index in [2.05, 4.69) is 15.6 Å². The third kappa shape index (κ3) is 3.37. The number of nitrogens with two attached hydrogens (primary N) is 1. The summed E-state index contributed by atoms with van der Waals surface area (Å²) in [6, 6.07) is 0. The highest BCUT2D eigenvalue weighted by molar-refractivity contribution is 6.46. The van der Waals surface area contributed by atoms with E-state index in [0.717, 1.165) is 25.7 Å². The van der Waals surface area contributed by atoms with E-state index in [-0.39, 0.29) is 23.4 Å². The van der Waals surface area contributed by atoms with E-state index in [1.54, 1.807) is 6.92 Å². The maximum absolute atomic E-state index is 12.3. The number of nitrogens with zero attached hydrogens (tertiary/aromatic N) is 1. The first-order chi connectivity index (χ1) is 9.59. The molecule has 110 valence electrons. The van der Waals surface area contributed by atoms with Crippen LogP contribution in [0.15, 0.2) is 16.4 Å². The molecule has 1 heterocycles. The third-order valence-electron chi connectivity index (χ3n) is 3.74. The molecule has 2 amide bonds. The zero-order chi connectivity index (χ0) is 14.5. The van der Waals surface area contributed by atoms with Gasteiger partial charge >= 0.3 is 0 Å². The van der Waals surface area contributed by atoms with Gasteiger partial charge in [-0.15, -0.1) is 0 Å². The molecule has 6 heteroatoms. The summed E-state index contributed by atoms with van der Waals surface area (Å²) in [5.74, 6) is -0.309. The highest BCUT2D eigenvalue weighted by Gasteiger charge is 2.26. The number of allylic oxidation sites excluding steroid dienone is 1. The zero-order valence-electron chi connectivity index (χ0n) is 11.9. The summed E-state index contributed by atoms with van der Waals surface area (Å²) < 4.78 is 0. The molecular weight excluding hydrogens is 256 g/mol. The molecule has 0 aromatic rings. The van der Waals surface area contributed by atoms with Gasteiger partial charge in [0.05, 0.1) is 12.2 Å². The summed E-state index contributed by atoms with van der Waals surface area (Å²) in [5, 5.41) is 5.52. The Kier molecular flexibility index (Phi) is 4.76. The Hall–Kier alpha value is -1.85. The normalized spacial score (nSPS) is 21.6. The van der Waals surface area contributed by atoms with Crippen LogP contribution in [0.5, 0.6) is 0 Å². The van der Waals surface area contributed by atoms with E-state index >= 15 is 0 Å². The summed E-state index contributed by atoms with van der Waals surface area (Å²) in [6.07, 6.45) is 5.17. The number of rotatable bonds is 3. The average molecular weight is 278 g/mol. The van der Waals surface area contributed by atoms with Crippen LogP contribution in [-0.4, -0.2) is 30.6 Å². The first-order valence-corrected chi connectivity index (χ1v) is 7.20. The molecule has 0 radical (unpaired) electrons. The lowest BCUT2D eigenvalue weighted by Crippen LogP contribution is -2.44. The molecule has 2 aliphatic rings. The second-order valence-electron chi connectivity index (χ2n) is 5.37. The van der Waals surface area contributed by atoms with Gasteiger partial charge in [-0.2, -0.15) is 0 Å². The summed E-state index contributed by atoms with van der Waals surface area (Å²) >= 11 is 0. The van der Waals surface area contributed by atoms with Crippen molar-refractivity contribution in [3.63, 3.8) is 0 Å². The van der Waals surface area contributed by atoms with Crippen molar-refractivity contribution < 1.29 is 9.59 Å². The van der Waals surface area contributed by atoms with E-state index in [9.17, 15) is 9.59 Å². The molecule has 0 aromatic heterocycles. The molecule has 0 aromatic carbocycles. The first kappa shape index (κ1) is 14.6. The van der Waals surface area contributed by atoms with E-state index in [0.29, 0.717) is 24.5 Å². The fourth-order valence-corrected chi connectivity index (χ4v) is 2.62. The van der Waals surface area contributed by atoms with Crippen LogP contribution in [-0.2, 0) is 9.59 Å². The molecule has 1 aliphatic carbocycles. The van der Waals surface area contributed by atoms with Gasteiger partial charge in [0.25, 0.3) is 5.91 Å². The van der Waals surface area contributed by atoms with Crippen molar-refractivity contribution in [2.24, 2.45) is 16.6 Å². The number of carbonyl (C=O) groups excluding carboxylic acids is 2. The summed E-state index contributed by atoms with van der Waals surface area (Å²) in [4.78, 5) is 28.3. The molecule has 0 spiro atoms. The molecule has 4 N–H and O–H groups in total. The smallest absolute Gasteiger partial charge is 0.271 e. The van der Waals surface area contributed by atoms with Crippen molar-refractivity contribution in [2.45, 2.75) is 39.0 Å². The van der Waals surface area contributed by atoms with Crippen LogP contribution >= 0.6 is 0 Å². The lowest BCUT2D eigenvalue weighted by Gasteiger charge is -2.23. The molecule has 2 rings (SSSR count). The molecule has 0 bridgehead atoms. The van der Waals surface area contributed by atoms with Crippen LogP contribution in [0.4, 0.5) is 0 Å². The second-order valence-corrected chi connectivity index (χ2v) is 5.37. The third-order valence-corrected chi connectivity index (χ3v) is 3.74. The Morgan fingerprint density at radius 3 is 2.65 bits per heavy atom. The highest BCUT2D eigenvalue weighted by atomic mass is 16.2. The van der Waals surface area contributed by atoms with E-state index in [1.807, 2.05) is 0 Å². The van der Waals surface area contributed by atoms with Crippen LogP contribution < -0.4 is 16.4 Å². The summed E-state index contributed by atoms with van der Waals surface area (Å²) in [5.41, 5.74) is 6.81. The maximum atomic E-state index is 12.3. The van der Waals surface area contributed by atoms with Gasteiger partial charge in [0.2, 0.25) is 5.91 Å². The van der Waals surface area contributed by atoms with Crippen molar-refractivity contribution >= 4 is 17.5 Å². The lowest BCUT2D eigenvalue weighted by atomic mass is 9.88. The highest BCUT2D eigenvalue weighted by Crippen LogP contribution is 2.24. The molecule has 0 saturated heterocycles. The Morgan fingerprint density at radius 1 is 1.35 bits per heavy atom. The molecule has 0 atom stereocenters. The Balaban J connectivity index is 2.10. The van der Waals surface area contributed by atoms with Gasteiger partial charge in [-0.3, -0.25) is 14.6 Å². The minimum Gasteiger partial charge on any atom is -0.401 e. The first-order valence-electron chi connectivity index (χ1n) is 7.20. The number of hydrogen-bond acceptors (Lipinski definition) is 4. The van der Waals surface area contributed by atoms with Crippen molar-refractivity contribution in [3.05, 3.63) is 11.4 Å². The quantitative estimate of drug-likeness (QED) is 0.699. The summed E-state index contributed by atoms with van der Waals surface area (Å²) in [6.45, 7) is 2.70. The van der Waals surface area contributed by atoms with Gasteiger partial charge in [-0.05, 0) is 19.8 Å². The van der Waals surface area contributed by atoms with Gasteiger partial charge in [0, 0.05) is 18.2 Å². The van der Waals surface area contributed by atoms with Gasteiger partial charge in [-0.1, -0.05) is 19.3 Å². The van der Waals surface area contributed by atoms with Crippen LogP contribution in [0.25, 0.3) is 0 Å². The maximum Gasteiger partial charge on any atom is 0.271 e. The van der Waals surface area contributed by atoms with Crippen molar-refractivity contribution in [2.75, 3.05) is 13.1 Å². The van der Waals surface area contributed by atoms with Crippen LogP contribution in [0.1, 0.15) is 39.0 Å². The largest absolute Gasteiger partial charge is 0.401 e. The molecule has 0 unspecified atom stereocenters. The standard InChI is InChI=1S/C14H22N4O2/c1-9(15)11(12-14(20)17-8-7-16-12)18-13(19)10-5-3-2-4-6-10/h10H,2-8,15H2,1H3,(H,17,20)(H,18,19). The predicted octanol–water partition coefficient (Wildman–Crippen LogP) is 0.444. The molecule has 1 aliphatic heterocycles. The number of aliphatic imine (C=N–C) groups is 1. The fourth-order valence-electron chi connectivity index (χ4n) is 2.62. The number of carbonyl (C=O) groups is 2. The van der Waals surface area contributed by atoms with E-state index in [1.165, 1.54) is 6.42 Å². The van der Waals surface area contributed by atoms with Crippen molar-refractivity contribution in [1.29, 1.82) is 0 Å². The van der Waals surface area contributed by atoms with Crippen molar-refractivity contribution in [3.8, 4) is 0 Å². The average Bonchev–Trinajstić information content (AvgIpc) is 2.46.